The zero-order valence-corrected chi connectivity index (χ0v) is 14.4. The second-order valence-corrected chi connectivity index (χ2v) is 7.11. The summed E-state index contributed by atoms with van der Waals surface area (Å²) in [6.45, 7) is 0.386. The van der Waals surface area contributed by atoms with Crippen molar-refractivity contribution in [3.8, 4) is 0 Å². The van der Waals surface area contributed by atoms with E-state index in [1.165, 1.54) is 0 Å². The first-order valence-corrected chi connectivity index (χ1v) is 9.09. The molecule has 2 aliphatic rings. The third-order valence-corrected chi connectivity index (χ3v) is 5.12. The van der Waals surface area contributed by atoms with Crippen molar-refractivity contribution in [1.29, 1.82) is 0 Å². The van der Waals surface area contributed by atoms with Crippen molar-refractivity contribution in [2.75, 3.05) is 0 Å². The van der Waals surface area contributed by atoms with Gasteiger partial charge in [0.1, 0.15) is 0 Å². The standard InChI is InChI=1S/C18H24ClN3O2/c19-14-6-2-1-5-13(14)11-20-18(24)22-16-8-4-3-7-15(16)21-17(23)12-9-10-12/h1-2,5-6,12,15-16H,3-4,7-11H2,(H,21,23)(H2,20,22,24). The molecular weight excluding hydrogens is 326 g/mol. The maximum atomic E-state index is 12.2. The van der Waals surface area contributed by atoms with Gasteiger partial charge in [-0.25, -0.2) is 4.79 Å². The van der Waals surface area contributed by atoms with Gasteiger partial charge in [0, 0.05) is 23.5 Å². The summed E-state index contributed by atoms with van der Waals surface area (Å²) < 4.78 is 0. The number of carbonyl (C=O) groups is 2. The molecular formula is C18H24ClN3O2. The highest BCUT2D eigenvalue weighted by atomic mass is 35.5. The van der Waals surface area contributed by atoms with Crippen LogP contribution in [-0.4, -0.2) is 24.0 Å². The molecule has 130 valence electrons. The maximum absolute atomic E-state index is 12.2. The fourth-order valence-electron chi connectivity index (χ4n) is 3.16. The van der Waals surface area contributed by atoms with Crippen LogP contribution in [0.4, 0.5) is 4.79 Å². The Morgan fingerprint density at radius 3 is 2.33 bits per heavy atom. The minimum absolute atomic E-state index is 0.00676. The SMILES string of the molecule is O=C(NCc1ccccc1Cl)NC1CCCCC1NC(=O)C1CC1. The van der Waals surface area contributed by atoms with E-state index in [0.29, 0.717) is 11.6 Å². The van der Waals surface area contributed by atoms with E-state index in [0.717, 1.165) is 44.1 Å². The van der Waals surface area contributed by atoms with Crippen LogP contribution in [0.2, 0.25) is 5.02 Å². The number of halogens is 1. The van der Waals surface area contributed by atoms with Gasteiger partial charge in [-0.2, -0.15) is 0 Å². The lowest BCUT2D eigenvalue weighted by Gasteiger charge is -2.32. The number of hydrogen-bond acceptors (Lipinski definition) is 2. The Morgan fingerprint density at radius 1 is 1.00 bits per heavy atom. The van der Waals surface area contributed by atoms with Crippen molar-refractivity contribution in [2.45, 2.75) is 57.2 Å². The summed E-state index contributed by atoms with van der Waals surface area (Å²) in [7, 11) is 0. The van der Waals surface area contributed by atoms with Crippen molar-refractivity contribution >= 4 is 23.5 Å². The molecule has 0 spiro atoms. The van der Waals surface area contributed by atoms with Crippen LogP contribution in [0.5, 0.6) is 0 Å². The first kappa shape index (κ1) is 17.1. The predicted molar refractivity (Wildman–Crippen MR) is 93.7 cm³/mol. The highest BCUT2D eigenvalue weighted by Gasteiger charge is 2.34. The van der Waals surface area contributed by atoms with E-state index in [4.69, 9.17) is 11.6 Å². The number of nitrogens with one attached hydrogen (secondary N) is 3. The Morgan fingerprint density at radius 2 is 1.67 bits per heavy atom. The van der Waals surface area contributed by atoms with Crippen LogP contribution in [0.3, 0.4) is 0 Å². The Kier molecular flexibility index (Phi) is 5.61. The predicted octanol–water partition coefficient (Wildman–Crippen LogP) is 2.98. The second kappa shape index (κ2) is 7.88. The van der Waals surface area contributed by atoms with Crippen molar-refractivity contribution in [2.24, 2.45) is 5.92 Å². The molecule has 24 heavy (non-hydrogen) atoms. The molecule has 1 aromatic rings. The molecule has 3 amide bonds. The number of hydrogen-bond donors (Lipinski definition) is 3. The molecule has 2 unspecified atom stereocenters. The van der Waals surface area contributed by atoms with Crippen LogP contribution in [-0.2, 0) is 11.3 Å². The zero-order valence-electron chi connectivity index (χ0n) is 13.7. The lowest BCUT2D eigenvalue weighted by Crippen LogP contribution is -2.55. The summed E-state index contributed by atoms with van der Waals surface area (Å²) >= 11 is 6.10. The molecule has 0 saturated heterocycles. The lowest BCUT2D eigenvalue weighted by molar-refractivity contribution is -0.123. The van der Waals surface area contributed by atoms with E-state index >= 15 is 0 Å². The van der Waals surface area contributed by atoms with Gasteiger partial charge in [-0.1, -0.05) is 42.6 Å². The molecule has 0 aliphatic heterocycles. The fraction of sp³-hybridized carbons (Fsp3) is 0.556. The van der Waals surface area contributed by atoms with Gasteiger partial charge in [-0.05, 0) is 37.3 Å². The van der Waals surface area contributed by atoms with Gasteiger partial charge in [0.2, 0.25) is 5.91 Å². The molecule has 0 bridgehead atoms. The molecule has 2 saturated carbocycles. The molecule has 6 heteroatoms. The number of urea groups is 1. The van der Waals surface area contributed by atoms with Crippen LogP contribution >= 0.6 is 11.6 Å². The van der Waals surface area contributed by atoms with Crippen molar-refractivity contribution < 1.29 is 9.59 Å². The van der Waals surface area contributed by atoms with Crippen LogP contribution < -0.4 is 16.0 Å². The Hall–Kier alpha value is -1.75. The van der Waals surface area contributed by atoms with Crippen molar-refractivity contribution in [1.82, 2.24) is 16.0 Å². The summed E-state index contributed by atoms with van der Waals surface area (Å²) in [5.41, 5.74) is 0.886. The topological polar surface area (TPSA) is 70.2 Å². The minimum atomic E-state index is -0.215. The largest absolute Gasteiger partial charge is 0.351 e. The van der Waals surface area contributed by atoms with E-state index in [1.807, 2.05) is 18.2 Å². The summed E-state index contributed by atoms with van der Waals surface area (Å²) in [5.74, 6) is 0.340. The smallest absolute Gasteiger partial charge is 0.315 e. The Bertz CT molecular complexity index is 604. The molecule has 0 radical (unpaired) electrons. The molecule has 5 nitrogen and oxygen atoms in total. The van der Waals surface area contributed by atoms with E-state index in [1.54, 1.807) is 6.07 Å². The highest BCUT2D eigenvalue weighted by molar-refractivity contribution is 6.31. The van der Waals surface area contributed by atoms with Gasteiger partial charge >= 0.3 is 6.03 Å². The van der Waals surface area contributed by atoms with Gasteiger partial charge in [-0.15, -0.1) is 0 Å². The van der Waals surface area contributed by atoms with E-state index in [2.05, 4.69) is 16.0 Å². The maximum Gasteiger partial charge on any atom is 0.315 e. The van der Waals surface area contributed by atoms with Gasteiger partial charge in [0.15, 0.2) is 0 Å². The first-order valence-electron chi connectivity index (χ1n) is 8.71. The first-order chi connectivity index (χ1) is 11.6. The Labute approximate surface area is 147 Å². The van der Waals surface area contributed by atoms with Gasteiger partial charge < -0.3 is 16.0 Å². The van der Waals surface area contributed by atoms with Crippen molar-refractivity contribution in [3.63, 3.8) is 0 Å². The molecule has 2 aliphatic carbocycles. The van der Waals surface area contributed by atoms with Gasteiger partial charge in [-0.3, -0.25) is 4.79 Å². The molecule has 3 rings (SSSR count). The van der Waals surface area contributed by atoms with Crippen LogP contribution in [0.25, 0.3) is 0 Å². The fourth-order valence-corrected chi connectivity index (χ4v) is 3.36. The number of benzene rings is 1. The van der Waals surface area contributed by atoms with E-state index in [-0.39, 0.29) is 29.9 Å². The molecule has 2 atom stereocenters. The monoisotopic (exact) mass is 349 g/mol. The third-order valence-electron chi connectivity index (χ3n) is 4.76. The van der Waals surface area contributed by atoms with E-state index in [9.17, 15) is 9.59 Å². The third kappa shape index (κ3) is 4.63. The van der Waals surface area contributed by atoms with Gasteiger partial charge in [0.05, 0.1) is 6.04 Å². The van der Waals surface area contributed by atoms with Crippen LogP contribution in [0.1, 0.15) is 44.1 Å². The van der Waals surface area contributed by atoms with Gasteiger partial charge in [0.25, 0.3) is 0 Å². The number of rotatable bonds is 5. The quantitative estimate of drug-likeness (QED) is 0.764. The van der Waals surface area contributed by atoms with E-state index < -0.39 is 0 Å². The average molecular weight is 350 g/mol. The number of carbonyl (C=O) groups excluding carboxylic acids is 2. The molecule has 0 aromatic heterocycles. The molecule has 2 fully saturated rings. The average Bonchev–Trinajstić information content (AvgIpc) is 3.41. The number of amides is 3. The Balaban J connectivity index is 1.49. The highest BCUT2D eigenvalue weighted by Crippen LogP contribution is 2.29. The summed E-state index contributed by atoms with van der Waals surface area (Å²) in [6, 6.07) is 7.27. The zero-order chi connectivity index (χ0) is 16.9. The minimum Gasteiger partial charge on any atom is -0.351 e. The molecule has 1 aromatic carbocycles. The van der Waals surface area contributed by atoms with Crippen molar-refractivity contribution in [3.05, 3.63) is 34.9 Å². The normalized spacial score (nSPS) is 23.4. The summed E-state index contributed by atoms with van der Waals surface area (Å²) in [4.78, 5) is 24.2. The summed E-state index contributed by atoms with van der Waals surface area (Å²) in [6.07, 6.45) is 5.98. The molecule has 0 heterocycles. The lowest BCUT2D eigenvalue weighted by atomic mass is 9.90. The van der Waals surface area contributed by atoms with Crippen LogP contribution in [0, 0.1) is 5.92 Å². The second-order valence-electron chi connectivity index (χ2n) is 6.70. The van der Waals surface area contributed by atoms with Crippen LogP contribution in [0.15, 0.2) is 24.3 Å². The molecule has 3 N–H and O–H groups in total. The summed E-state index contributed by atoms with van der Waals surface area (Å²) in [5, 5.41) is 9.62.